The van der Waals surface area contributed by atoms with Crippen molar-refractivity contribution in [3.05, 3.63) is 101 Å². The van der Waals surface area contributed by atoms with Gasteiger partial charge in [0.1, 0.15) is 11.9 Å². The third-order valence-electron chi connectivity index (χ3n) is 4.65. The van der Waals surface area contributed by atoms with Crippen LogP contribution in [-0.4, -0.2) is 20.9 Å². The normalized spacial score (nSPS) is 22.7. The van der Waals surface area contributed by atoms with Gasteiger partial charge in [-0.1, -0.05) is 17.7 Å². The van der Waals surface area contributed by atoms with Gasteiger partial charge >= 0.3 is 0 Å². The molecule has 0 bridgehead atoms. The molecule has 1 aliphatic rings. The van der Waals surface area contributed by atoms with Gasteiger partial charge in [0.05, 0.1) is 5.03 Å². The van der Waals surface area contributed by atoms with E-state index in [1.54, 1.807) is 30.6 Å². The molecule has 0 saturated carbocycles. The SMILES string of the molecule is CS1(c2ccc(Cl)cc2F)C=CC(C(O)c2cccnc2)=C1n1cccc1. The molecule has 1 aromatic carbocycles. The van der Waals surface area contributed by atoms with Gasteiger partial charge in [-0.15, -0.1) is 0 Å². The van der Waals surface area contributed by atoms with Gasteiger partial charge in [0.25, 0.3) is 0 Å². The molecule has 27 heavy (non-hydrogen) atoms. The van der Waals surface area contributed by atoms with Crippen LogP contribution in [0, 0.1) is 5.82 Å². The Morgan fingerprint density at radius 1 is 1.19 bits per heavy atom. The minimum absolute atomic E-state index is 0.341. The Kier molecular flexibility index (Phi) is 4.68. The Morgan fingerprint density at radius 2 is 1.96 bits per heavy atom. The zero-order valence-electron chi connectivity index (χ0n) is 14.6. The molecule has 3 heterocycles. The number of aliphatic hydroxyl groups is 1. The molecular weight excluding hydrogens is 383 g/mol. The molecule has 138 valence electrons. The molecule has 2 aromatic heterocycles. The summed E-state index contributed by atoms with van der Waals surface area (Å²) in [5, 5.41) is 14.3. The van der Waals surface area contributed by atoms with Crippen LogP contribution in [0.1, 0.15) is 11.7 Å². The fraction of sp³-hybridized carbons (Fsp3) is 0.0952. The lowest BCUT2D eigenvalue weighted by Crippen LogP contribution is -2.09. The van der Waals surface area contributed by atoms with E-state index < -0.39 is 16.1 Å². The molecule has 0 aliphatic carbocycles. The molecule has 3 aromatic rings. The Hall–Kier alpha value is -2.34. The lowest BCUT2D eigenvalue weighted by molar-refractivity contribution is 0.220. The van der Waals surface area contributed by atoms with Crippen LogP contribution in [-0.2, 0) is 0 Å². The number of hydrogen-bond acceptors (Lipinski definition) is 2. The average Bonchev–Trinajstić information content (AvgIpc) is 3.29. The summed E-state index contributed by atoms with van der Waals surface area (Å²) in [4.78, 5) is 4.69. The van der Waals surface area contributed by atoms with Crippen LogP contribution in [0.5, 0.6) is 0 Å². The molecule has 3 nitrogen and oxygen atoms in total. The van der Waals surface area contributed by atoms with E-state index in [9.17, 15) is 9.50 Å². The highest BCUT2D eigenvalue weighted by molar-refractivity contribution is 8.42. The fourth-order valence-electron chi connectivity index (χ4n) is 3.35. The predicted molar refractivity (Wildman–Crippen MR) is 109 cm³/mol. The third-order valence-corrected chi connectivity index (χ3v) is 8.06. The molecule has 0 amide bonds. The molecule has 2 atom stereocenters. The molecule has 4 rings (SSSR count). The second-order valence-corrected chi connectivity index (χ2v) is 9.90. The minimum Gasteiger partial charge on any atom is -0.383 e. The van der Waals surface area contributed by atoms with Gasteiger partial charge in [-0.2, -0.15) is 10.0 Å². The molecular formula is C21H18ClFN2OS. The summed E-state index contributed by atoms with van der Waals surface area (Å²) in [6.45, 7) is 0. The van der Waals surface area contributed by atoms with E-state index in [4.69, 9.17) is 11.6 Å². The number of benzene rings is 1. The van der Waals surface area contributed by atoms with Crippen molar-refractivity contribution in [3.8, 4) is 0 Å². The quantitative estimate of drug-likeness (QED) is 0.619. The van der Waals surface area contributed by atoms with Gasteiger partial charge in [-0.3, -0.25) is 4.98 Å². The van der Waals surface area contributed by atoms with E-state index in [0.29, 0.717) is 15.5 Å². The van der Waals surface area contributed by atoms with Crippen LogP contribution in [0.2, 0.25) is 5.02 Å². The minimum atomic E-state index is -1.85. The topological polar surface area (TPSA) is 38.1 Å². The number of aliphatic hydroxyl groups excluding tert-OH is 1. The first kappa shape index (κ1) is 18.0. The summed E-state index contributed by atoms with van der Waals surface area (Å²) in [7, 11) is -1.85. The van der Waals surface area contributed by atoms with Crippen molar-refractivity contribution < 1.29 is 9.50 Å². The highest BCUT2D eigenvalue weighted by atomic mass is 35.5. The predicted octanol–water partition coefficient (Wildman–Crippen LogP) is 5.60. The first-order chi connectivity index (χ1) is 13.0. The third kappa shape index (κ3) is 3.12. The standard InChI is InChI=1S/C21H18ClFN2OS/c1-27(19-7-6-16(22)13-18(19)23)12-8-17(21(27)25-10-2-3-11-25)20(26)15-5-4-9-24-14-15/h2-14,20,26H,1H3. The molecule has 0 radical (unpaired) electrons. The van der Waals surface area contributed by atoms with Gasteiger partial charge in [0.2, 0.25) is 0 Å². The summed E-state index contributed by atoms with van der Waals surface area (Å²) >= 11 is 5.95. The maximum absolute atomic E-state index is 14.8. The number of aromatic nitrogens is 2. The number of nitrogens with zero attached hydrogens (tertiary/aromatic N) is 2. The van der Waals surface area contributed by atoms with Crippen LogP contribution in [0.4, 0.5) is 4.39 Å². The number of pyridine rings is 1. The van der Waals surface area contributed by atoms with E-state index in [-0.39, 0.29) is 5.82 Å². The van der Waals surface area contributed by atoms with Gasteiger partial charge < -0.3 is 9.67 Å². The van der Waals surface area contributed by atoms with Crippen molar-refractivity contribution in [3.63, 3.8) is 0 Å². The zero-order valence-corrected chi connectivity index (χ0v) is 16.2. The van der Waals surface area contributed by atoms with Crippen LogP contribution in [0.25, 0.3) is 5.03 Å². The van der Waals surface area contributed by atoms with Crippen LogP contribution in [0.3, 0.4) is 0 Å². The summed E-state index contributed by atoms with van der Waals surface area (Å²) < 4.78 is 16.8. The molecule has 6 heteroatoms. The molecule has 0 fully saturated rings. The zero-order chi connectivity index (χ0) is 19.0. The van der Waals surface area contributed by atoms with E-state index >= 15 is 0 Å². The Labute approximate surface area is 163 Å². The van der Waals surface area contributed by atoms with Crippen LogP contribution < -0.4 is 0 Å². The van der Waals surface area contributed by atoms with Crippen molar-refractivity contribution in [2.75, 3.05) is 6.26 Å². The lowest BCUT2D eigenvalue weighted by Gasteiger charge is -2.35. The van der Waals surface area contributed by atoms with Crippen LogP contribution >= 0.6 is 21.6 Å². The second kappa shape index (κ2) is 7.00. The van der Waals surface area contributed by atoms with Crippen molar-refractivity contribution in [2.45, 2.75) is 11.0 Å². The van der Waals surface area contributed by atoms with Crippen molar-refractivity contribution >= 4 is 26.7 Å². The lowest BCUT2D eigenvalue weighted by atomic mass is 10.0. The summed E-state index contributed by atoms with van der Waals surface area (Å²) in [6.07, 6.45) is 10.2. The van der Waals surface area contributed by atoms with Gasteiger partial charge in [-0.05, 0) is 54.1 Å². The summed E-state index contributed by atoms with van der Waals surface area (Å²) in [5.41, 5.74) is 1.44. The number of halogens is 2. The second-order valence-electron chi connectivity index (χ2n) is 6.40. The van der Waals surface area contributed by atoms with Gasteiger partial charge in [-0.25, -0.2) is 4.39 Å². The van der Waals surface area contributed by atoms with Crippen molar-refractivity contribution in [2.24, 2.45) is 0 Å². The maximum atomic E-state index is 14.8. The van der Waals surface area contributed by atoms with E-state index in [2.05, 4.69) is 4.98 Å². The Bertz CT molecular complexity index is 1030. The molecule has 0 saturated heterocycles. The monoisotopic (exact) mass is 400 g/mol. The number of rotatable bonds is 4. The fourth-order valence-corrected chi connectivity index (χ4v) is 6.45. The first-order valence-electron chi connectivity index (χ1n) is 8.38. The summed E-state index contributed by atoms with van der Waals surface area (Å²) in [5.74, 6) is -0.341. The van der Waals surface area contributed by atoms with E-state index in [0.717, 1.165) is 10.6 Å². The highest BCUT2D eigenvalue weighted by Gasteiger charge is 2.35. The summed E-state index contributed by atoms with van der Waals surface area (Å²) in [6, 6.07) is 12.2. The molecule has 0 spiro atoms. The largest absolute Gasteiger partial charge is 0.383 e. The highest BCUT2D eigenvalue weighted by Crippen LogP contribution is 2.68. The molecule has 1 aliphatic heterocycles. The maximum Gasteiger partial charge on any atom is 0.137 e. The number of hydrogen-bond donors (Lipinski definition) is 1. The van der Waals surface area contributed by atoms with Crippen LogP contribution in [0.15, 0.2) is 89.2 Å². The average molecular weight is 401 g/mol. The van der Waals surface area contributed by atoms with Crippen molar-refractivity contribution in [1.82, 2.24) is 9.55 Å². The smallest absolute Gasteiger partial charge is 0.137 e. The van der Waals surface area contributed by atoms with Crippen molar-refractivity contribution in [1.29, 1.82) is 0 Å². The van der Waals surface area contributed by atoms with E-state index in [1.165, 1.54) is 6.07 Å². The Morgan fingerprint density at radius 3 is 2.63 bits per heavy atom. The Balaban J connectivity index is 1.91. The van der Waals surface area contributed by atoms with Gasteiger partial charge in [0, 0.05) is 45.8 Å². The molecule has 1 N–H and O–H groups in total. The molecule has 2 unspecified atom stereocenters. The van der Waals surface area contributed by atoms with E-state index in [1.807, 2.05) is 52.9 Å². The van der Waals surface area contributed by atoms with Gasteiger partial charge in [0.15, 0.2) is 0 Å². The first-order valence-corrected chi connectivity index (χ1v) is 10.9.